The number of ether oxygens (including phenoxy) is 1. The number of halogens is 4. The van der Waals surface area contributed by atoms with Crippen LogP contribution in [0.3, 0.4) is 0 Å². The zero-order valence-electron chi connectivity index (χ0n) is 19.9. The van der Waals surface area contributed by atoms with E-state index in [0.29, 0.717) is 10.3 Å². The van der Waals surface area contributed by atoms with Gasteiger partial charge < -0.3 is 10.1 Å². The Bertz CT molecular complexity index is 1580. The number of amides is 1. The highest BCUT2D eigenvalue weighted by Crippen LogP contribution is 2.35. The molecule has 0 unspecified atom stereocenters. The summed E-state index contributed by atoms with van der Waals surface area (Å²) in [7, 11) is 0. The molecule has 37 heavy (non-hydrogen) atoms. The van der Waals surface area contributed by atoms with Crippen LogP contribution < -0.4 is 10.1 Å². The number of nitro groups is 1. The molecule has 9 nitrogen and oxygen atoms in total. The lowest BCUT2D eigenvalue weighted by Crippen LogP contribution is -2.16. The molecule has 0 aliphatic heterocycles. The number of hydrogen-bond acceptors (Lipinski definition) is 6. The summed E-state index contributed by atoms with van der Waals surface area (Å²) in [5.41, 5.74) is 0.733. The average molecular weight is 578 g/mol. The number of nitro benzene ring substituents is 1. The molecule has 0 saturated heterocycles. The highest BCUT2D eigenvalue weighted by Gasteiger charge is 2.36. The molecule has 0 aliphatic rings. The third-order valence-corrected chi connectivity index (χ3v) is 6.25. The summed E-state index contributed by atoms with van der Waals surface area (Å²) in [6.45, 7) is 7.01. The second-order valence-corrected chi connectivity index (χ2v) is 9.21. The lowest BCUT2D eigenvalue weighted by molar-refractivity contribution is -0.384. The van der Waals surface area contributed by atoms with Gasteiger partial charge in [-0.3, -0.25) is 14.9 Å². The molecule has 1 amide bonds. The van der Waals surface area contributed by atoms with Gasteiger partial charge in [0.1, 0.15) is 17.2 Å². The van der Waals surface area contributed by atoms with Crippen LogP contribution in [0.25, 0.3) is 5.65 Å². The van der Waals surface area contributed by atoms with E-state index in [1.807, 2.05) is 26.8 Å². The number of alkyl halides is 3. The van der Waals surface area contributed by atoms with Gasteiger partial charge in [-0.1, -0.05) is 6.07 Å². The van der Waals surface area contributed by atoms with Gasteiger partial charge in [-0.15, -0.1) is 0 Å². The first-order chi connectivity index (χ1) is 17.2. The Balaban J connectivity index is 1.73. The first-order valence-corrected chi connectivity index (χ1v) is 11.5. The Labute approximate surface area is 216 Å². The molecule has 0 spiro atoms. The number of hydrogen-bond donors (Lipinski definition) is 1. The van der Waals surface area contributed by atoms with Crippen molar-refractivity contribution in [1.82, 2.24) is 14.6 Å². The summed E-state index contributed by atoms with van der Waals surface area (Å²) in [4.78, 5) is 27.9. The molecule has 0 fully saturated rings. The van der Waals surface area contributed by atoms with Crippen LogP contribution in [0.15, 0.2) is 40.9 Å². The summed E-state index contributed by atoms with van der Waals surface area (Å²) in [6, 6.07) is 8.24. The molecule has 4 rings (SSSR count). The number of aryl methyl sites for hydroxylation is 3. The lowest BCUT2D eigenvalue weighted by Gasteiger charge is -2.13. The maximum atomic E-state index is 13.5. The minimum Gasteiger partial charge on any atom is -0.457 e. The molecular weight excluding hydrogens is 559 g/mol. The number of rotatable bonds is 5. The van der Waals surface area contributed by atoms with Gasteiger partial charge in [-0.05, 0) is 72.4 Å². The average Bonchev–Trinajstić information content (AvgIpc) is 3.12. The Morgan fingerprint density at radius 1 is 1.11 bits per heavy atom. The molecule has 13 heteroatoms. The van der Waals surface area contributed by atoms with Crippen molar-refractivity contribution in [2.45, 2.75) is 33.9 Å². The van der Waals surface area contributed by atoms with E-state index in [1.54, 1.807) is 6.07 Å². The summed E-state index contributed by atoms with van der Waals surface area (Å²) < 4.78 is 46.9. The number of anilines is 1. The van der Waals surface area contributed by atoms with Gasteiger partial charge in [0.2, 0.25) is 0 Å². The first-order valence-electron chi connectivity index (χ1n) is 10.7. The van der Waals surface area contributed by atoms with E-state index in [-0.39, 0.29) is 38.6 Å². The van der Waals surface area contributed by atoms with Crippen LogP contribution in [0.1, 0.15) is 38.6 Å². The number of carbonyl (C=O) groups is 1. The van der Waals surface area contributed by atoms with Crippen molar-refractivity contribution >= 4 is 38.9 Å². The van der Waals surface area contributed by atoms with E-state index in [4.69, 9.17) is 4.74 Å². The predicted molar refractivity (Wildman–Crippen MR) is 132 cm³/mol. The van der Waals surface area contributed by atoms with Crippen LogP contribution >= 0.6 is 15.9 Å². The Kier molecular flexibility index (Phi) is 6.67. The van der Waals surface area contributed by atoms with Gasteiger partial charge in [-0.25, -0.2) is 9.50 Å². The molecule has 2 aromatic carbocycles. The minimum absolute atomic E-state index is 0.0135. The van der Waals surface area contributed by atoms with Gasteiger partial charge >= 0.3 is 6.18 Å². The monoisotopic (exact) mass is 577 g/mol. The van der Waals surface area contributed by atoms with Crippen LogP contribution in [-0.4, -0.2) is 25.4 Å². The van der Waals surface area contributed by atoms with Crippen molar-refractivity contribution < 1.29 is 27.6 Å². The second-order valence-electron chi connectivity index (χ2n) is 8.41. The standard InChI is InChI=1S/C24H19BrF3N5O4/c1-11-5-12(2)14(4)18(6-11)37-17-9-15(8-16(10-17)33(35)36)30-23(34)21-20(25)22-29-13(3)7-19(24(26,27)28)32(22)31-21/h5-10H,1-4H3,(H,30,34). The highest BCUT2D eigenvalue weighted by molar-refractivity contribution is 9.10. The quantitative estimate of drug-likeness (QED) is 0.209. The van der Waals surface area contributed by atoms with E-state index < -0.39 is 22.7 Å². The van der Waals surface area contributed by atoms with E-state index in [9.17, 15) is 28.1 Å². The van der Waals surface area contributed by atoms with Gasteiger partial charge in [0.15, 0.2) is 11.3 Å². The zero-order valence-corrected chi connectivity index (χ0v) is 21.5. The van der Waals surface area contributed by atoms with E-state index in [0.717, 1.165) is 28.8 Å². The molecule has 4 aromatic rings. The third kappa shape index (κ3) is 5.26. The Morgan fingerprint density at radius 2 is 1.81 bits per heavy atom. The normalized spacial score (nSPS) is 11.6. The molecule has 0 bridgehead atoms. The van der Waals surface area contributed by atoms with Crippen molar-refractivity contribution in [3.63, 3.8) is 0 Å². The van der Waals surface area contributed by atoms with Crippen molar-refractivity contribution in [2.75, 3.05) is 5.32 Å². The third-order valence-electron chi connectivity index (χ3n) is 5.52. The number of nitrogens with zero attached hydrogens (tertiary/aromatic N) is 4. The molecule has 0 aliphatic carbocycles. The van der Waals surface area contributed by atoms with Crippen molar-refractivity contribution in [2.24, 2.45) is 0 Å². The van der Waals surface area contributed by atoms with E-state index in [2.05, 4.69) is 31.3 Å². The van der Waals surface area contributed by atoms with Gasteiger partial charge in [0.25, 0.3) is 11.6 Å². The number of benzene rings is 2. The fourth-order valence-electron chi connectivity index (χ4n) is 3.70. The van der Waals surface area contributed by atoms with Gasteiger partial charge in [-0.2, -0.15) is 18.3 Å². The van der Waals surface area contributed by atoms with Crippen molar-refractivity contribution in [3.05, 3.63) is 84.8 Å². The van der Waals surface area contributed by atoms with Gasteiger partial charge in [0, 0.05) is 17.8 Å². The maximum Gasteiger partial charge on any atom is 0.433 e. The van der Waals surface area contributed by atoms with Crippen LogP contribution in [0.5, 0.6) is 11.5 Å². The molecule has 1 N–H and O–H groups in total. The minimum atomic E-state index is -4.75. The van der Waals surface area contributed by atoms with Crippen LogP contribution in [-0.2, 0) is 6.18 Å². The highest BCUT2D eigenvalue weighted by atomic mass is 79.9. The van der Waals surface area contributed by atoms with Crippen LogP contribution in [0, 0.1) is 37.8 Å². The van der Waals surface area contributed by atoms with E-state index >= 15 is 0 Å². The molecule has 0 radical (unpaired) electrons. The molecule has 2 heterocycles. The Hall–Kier alpha value is -4.00. The first kappa shape index (κ1) is 26.1. The fraction of sp³-hybridized carbons (Fsp3) is 0.208. The SMILES string of the molecule is Cc1cc(C)c(C)c(Oc2cc(NC(=O)c3nn4c(C(F)(F)F)cc(C)nc4c3Br)cc([N+](=O)[O-])c2)c1. The molecule has 2 aromatic heterocycles. The van der Waals surface area contributed by atoms with Crippen molar-refractivity contribution in [1.29, 1.82) is 0 Å². The number of fused-ring (bicyclic) bond motifs is 1. The lowest BCUT2D eigenvalue weighted by atomic mass is 10.1. The van der Waals surface area contributed by atoms with Crippen LogP contribution in [0.4, 0.5) is 24.5 Å². The zero-order chi connectivity index (χ0) is 27.2. The summed E-state index contributed by atoms with van der Waals surface area (Å²) in [5, 5.41) is 17.8. The second kappa shape index (κ2) is 9.47. The number of nitrogens with one attached hydrogen (secondary N) is 1. The summed E-state index contributed by atoms with van der Waals surface area (Å²) in [6.07, 6.45) is -4.75. The number of carbonyl (C=O) groups excluding carboxylic acids is 1. The maximum absolute atomic E-state index is 13.5. The fourth-order valence-corrected chi connectivity index (χ4v) is 4.22. The molecule has 0 saturated carbocycles. The molecular formula is C24H19BrF3N5O4. The van der Waals surface area contributed by atoms with Gasteiger partial charge in [0.05, 0.1) is 21.1 Å². The summed E-state index contributed by atoms with van der Waals surface area (Å²) in [5.74, 6) is -0.333. The number of aromatic nitrogens is 3. The van der Waals surface area contributed by atoms with E-state index in [1.165, 1.54) is 19.1 Å². The predicted octanol–water partition coefficient (Wildman–Crippen LogP) is 6.70. The largest absolute Gasteiger partial charge is 0.457 e. The number of non-ortho nitro benzene ring substituents is 1. The summed E-state index contributed by atoms with van der Waals surface area (Å²) >= 11 is 3.11. The van der Waals surface area contributed by atoms with Crippen LogP contribution in [0.2, 0.25) is 0 Å². The molecule has 192 valence electrons. The Morgan fingerprint density at radius 3 is 2.46 bits per heavy atom. The molecule has 0 atom stereocenters. The smallest absolute Gasteiger partial charge is 0.433 e. The topological polar surface area (TPSA) is 112 Å². The van der Waals surface area contributed by atoms with Crippen molar-refractivity contribution in [3.8, 4) is 11.5 Å².